The molecule has 0 saturated heterocycles. The van der Waals surface area contributed by atoms with E-state index in [9.17, 15) is 4.79 Å². The number of rotatable bonds is 4. The molecule has 0 spiro atoms. The van der Waals surface area contributed by atoms with Crippen molar-refractivity contribution in [3.63, 3.8) is 0 Å². The Kier molecular flexibility index (Phi) is 3.88. The molecule has 0 saturated carbocycles. The predicted molar refractivity (Wildman–Crippen MR) is 89.1 cm³/mol. The summed E-state index contributed by atoms with van der Waals surface area (Å²) in [6, 6.07) is 8.35. The van der Waals surface area contributed by atoms with Crippen LogP contribution in [0, 0.1) is 0 Å². The molecule has 1 N–H and O–H groups in total. The number of hydrogen-bond acceptors (Lipinski definition) is 4. The summed E-state index contributed by atoms with van der Waals surface area (Å²) < 4.78 is 11.1. The molecule has 1 heterocycles. The average molecular weight is 326 g/mol. The van der Waals surface area contributed by atoms with Gasteiger partial charge in [0.05, 0.1) is 5.60 Å². The Balaban J connectivity index is 1.46. The summed E-state index contributed by atoms with van der Waals surface area (Å²) in [4.78, 5) is 12.6. The van der Waals surface area contributed by atoms with Crippen LogP contribution in [0.1, 0.15) is 45.8 Å². The maximum atomic E-state index is 12.6. The molecule has 0 radical (unpaired) electrons. The van der Waals surface area contributed by atoms with Crippen LogP contribution in [0.3, 0.4) is 0 Å². The number of aryl methyl sites for hydroxylation is 1. The largest absolute Gasteiger partial charge is 0.376 e. The summed E-state index contributed by atoms with van der Waals surface area (Å²) in [6.07, 6.45) is 5.59. The fraction of sp³-hybridized carbons (Fsp3) is 0.474. The topological polar surface area (TPSA) is 64.4 Å². The zero-order valence-electron chi connectivity index (χ0n) is 13.9. The van der Waals surface area contributed by atoms with Gasteiger partial charge in [0.1, 0.15) is 5.76 Å². The predicted octanol–water partition coefficient (Wildman–Crippen LogP) is 2.47. The molecule has 0 fully saturated rings. The summed E-state index contributed by atoms with van der Waals surface area (Å²) in [7, 11) is 1.72. The highest BCUT2D eigenvalue weighted by atomic mass is 16.5. The third-order valence-electron chi connectivity index (χ3n) is 5.31. The lowest BCUT2D eigenvalue weighted by atomic mass is 9.96. The second-order valence-electron chi connectivity index (χ2n) is 6.83. The van der Waals surface area contributed by atoms with Crippen LogP contribution in [0.15, 0.2) is 28.8 Å². The van der Waals surface area contributed by atoms with Crippen LogP contribution in [0.4, 0.5) is 0 Å². The van der Waals surface area contributed by atoms with E-state index >= 15 is 0 Å². The number of fused-ring (bicyclic) bond motifs is 2. The number of nitrogens with zero attached hydrogens (tertiary/aromatic N) is 1. The summed E-state index contributed by atoms with van der Waals surface area (Å²) >= 11 is 0. The van der Waals surface area contributed by atoms with Gasteiger partial charge in [-0.2, -0.15) is 0 Å². The molecule has 0 aliphatic heterocycles. The highest BCUT2D eigenvalue weighted by molar-refractivity contribution is 5.93. The van der Waals surface area contributed by atoms with E-state index in [2.05, 4.69) is 22.6 Å². The van der Waals surface area contributed by atoms with Crippen LogP contribution in [0.2, 0.25) is 0 Å². The fourth-order valence-corrected chi connectivity index (χ4v) is 3.89. The first-order valence-electron chi connectivity index (χ1n) is 8.58. The third kappa shape index (κ3) is 2.63. The molecule has 0 unspecified atom stereocenters. The van der Waals surface area contributed by atoms with Crippen LogP contribution < -0.4 is 5.32 Å². The van der Waals surface area contributed by atoms with Crippen LogP contribution in [-0.4, -0.2) is 30.3 Å². The van der Waals surface area contributed by atoms with Gasteiger partial charge in [-0.15, -0.1) is 0 Å². The normalized spacial score (nSPS) is 18.0. The van der Waals surface area contributed by atoms with Crippen molar-refractivity contribution in [2.75, 3.05) is 13.7 Å². The van der Waals surface area contributed by atoms with E-state index in [4.69, 9.17) is 9.26 Å². The molecule has 1 amide bonds. The standard InChI is InChI=1S/C19H22N2O3/c1-23-19(10-13-6-2-3-7-14(13)11-19)12-20-18(22)17-15-8-4-5-9-16(15)24-21-17/h2-3,6-7H,4-5,8-12H2,1H3,(H,20,22). The number of carbonyl (C=O) groups is 1. The first-order valence-corrected chi connectivity index (χ1v) is 8.58. The SMILES string of the molecule is COC1(CNC(=O)c2noc3c2CCCC3)Cc2ccccc2C1. The lowest BCUT2D eigenvalue weighted by Crippen LogP contribution is -2.45. The first-order chi connectivity index (χ1) is 11.7. The van der Waals surface area contributed by atoms with Gasteiger partial charge in [0, 0.05) is 38.5 Å². The maximum Gasteiger partial charge on any atom is 0.273 e. The number of benzene rings is 1. The lowest BCUT2D eigenvalue weighted by molar-refractivity contribution is 0.000102. The fourth-order valence-electron chi connectivity index (χ4n) is 3.89. The number of methoxy groups -OCH3 is 1. The Bertz CT molecular complexity index is 741. The van der Waals surface area contributed by atoms with E-state index in [1.165, 1.54) is 11.1 Å². The molecule has 4 rings (SSSR count). The van der Waals surface area contributed by atoms with Gasteiger partial charge in [-0.25, -0.2) is 0 Å². The van der Waals surface area contributed by atoms with Crippen LogP contribution >= 0.6 is 0 Å². The van der Waals surface area contributed by atoms with Gasteiger partial charge in [-0.05, 0) is 30.4 Å². The molecule has 0 bridgehead atoms. The number of ether oxygens (including phenoxy) is 1. The number of nitrogens with one attached hydrogen (secondary N) is 1. The monoisotopic (exact) mass is 326 g/mol. The smallest absolute Gasteiger partial charge is 0.273 e. The zero-order chi connectivity index (χ0) is 16.6. The van der Waals surface area contributed by atoms with Crippen molar-refractivity contribution in [3.05, 3.63) is 52.4 Å². The highest BCUT2D eigenvalue weighted by Gasteiger charge is 2.38. The van der Waals surface area contributed by atoms with E-state index in [0.29, 0.717) is 12.2 Å². The van der Waals surface area contributed by atoms with Crippen LogP contribution in [0.5, 0.6) is 0 Å². The Morgan fingerprint density at radius 3 is 2.67 bits per heavy atom. The summed E-state index contributed by atoms with van der Waals surface area (Å²) in [6.45, 7) is 0.471. The quantitative estimate of drug-likeness (QED) is 0.937. The third-order valence-corrected chi connectivity index (χ3v) is 5.31. The van der Waals surface area contributed by atoms with Gasteiger partial charge in [0.2, 0.25) is 0 Å². The highest BCUT2D eigenvalue weighted by Crippen LogP contribution is 2.32. The first kappa shape index (κ1) is 15.4. The summed E-state index contributed by atoms with van der Waals surface area (Å²) in [5.74, 6) is 0.718. The second-order valence-corrected chi connectivity index (χ2v) is 6.83. The van der Waals surface area contributed by atoms with Crippen LogP contribution in [0.25, 0.3) is 0 Å². The van der Waals surface area contributed by atoms with Crippen molar-refractivity contribution in [2.24, 2.45) is 0 Å². The molecule has 2 aromatic rings. The molecule has 2 aliphatic carbocycles. The van der Waals surface area contributed by atoms with E-state index < -0.39 is 0 Å². The molecule has 5 heteroatoms. The molecule has 24 heavy (non-hydrogen) atoms. The van der Waals surface area contributed by atoms with Gasteiger partial charge in [-0.3, -0.25) is 4.79 Å². The van der Waals surface area contributed by atoms with Crippen LogP contribution in [-0.2, 0) is 30.4 Å². The number of aromatic nitrogens is 1. The molecular weight excluding hydrogens is 304 g/mol. The van der Waals surface area contributed by atoms with E-state index in [1.807, 2.05) is 12.1 Å². The Morgan fingerprint density at radius 2 is 1.96 bits per heavy atom. The summed E-state index contributed by atoms with van der Waals surface area (Å²) in [5, 5.41) is 7.02. The lowest BCUT2D eigenvalue weighted by Gasteiger charge is -2.27. The number of amides is 1. The van der Waals surface area contributed by atoms with Gasteiger partial charge < -0.3 is 14.6 Å². The van der Waals surface area contributed by atoms with Crippen molar-refractivity contribution in [1.82, 2.24) is 10.5 Å². The minimum atomic E-state index is -0.372. The summed E-state index contributed by atoms with van der Waals surface area (Å²) in [5.41, 5.74) is 3.66. The van der Waals surface area contributed by atoms with Gasteiger partial charge in [0.15, 0.2) is 5.69 Å². The molecule has 0 atom stereocenters. The van der Waals surface area contributed by atoms with Crippen molar-refractivity contribution in [1.29, 1.82) is 0 Å². The van der Waals surface area contributed by atoms with Crippen molar-refractivity contribution in [3.8, 4) is 0 Å². The van der Waals surface area contributed by atoms with E-state index in [1.54, 1.807) is 7.11 Å². The minimum absolute atomic E-state index is 0.158. The maximum absolute atomic E-state index is 12.6. The molecule has 2 aliphatic rings. The average Bonchev–Trinajstić information content (AvgIpc) is 3.21. The van der Waals surface area contributed by atoms with Gasteiger partial charge in [-0.1, -0.05) is 29.4 Å². The molecule has 1 aromatic heterocycles. The Morgan fingerprint density at radius 1 is 1.25 bits per heavy atom. The van der Waals surface area contributed by atoms with Gasteiger partial charge >= 0.3 is 0 Å². The Hall–Kier alpha value is -2.14. The molecule has 5 nitrogen and oxygen atoms in total. The molecule has 126 valence electrons. The zero-order valence-corrected chi connectivity index (χ0v) is 13.9. The molecule has 1 aromatic carbocycles. The number of hydrogen-bond donors (Lipinski definition) is 1. The molecular formula is C19H22N2O3. The Labute approximate surface area is 141 Å². The number of carbonyl (C=O) groups excluding carboxylic acids is 1. The van der Waals surface area contributed by atoms with E-state index in [-0.39, 0.29) is 11.5 Å². The van der Waals surface area contributed by atoms with Crippen molar-refractivity contribution >= 4 is 5.91 Å². The van der Waals surface area contributed by atoms with Crippen molar-refractivity contribution < 1.29 is 14.1 Å². The van der Waals surface area contributed by atoms with E-state index in [0.717, 1.165) is 49.8 Å². The van der Waals surface area contributed by atoms with Crippen molar-refractivity contribution in [2.45, 2.75) is 44.1 Å². The minimum Gasteiger partial charge on any atom is -0.376 e. The van der Waals surface area contributed by atoms with Gasteiger partial charge in [0.25, 0.3) is 5.91 Å². The second kappa shape index (κ2) is 6.06.